The summed E-state index contributed by atoms with van der Waals surface area (Å²) in [5, 5.41) is 6.31. The molecule has 1 saturated heterocycles. The minimum atomic E-state index is -0.0536. The van der Waals surface area contributed by atoms with Crippen LogP contribution < -0.4 is 5.32 Å². The van der Waals surface area contributed by atoms with E-state index in [9.17, 15) is 9.59 Å². The first-order valence-corrected chi connectivity index (χ1v) is 5.63. The number of aromatic nitrogens is 1. The molecular formula is C11H15N3O3. The van der Waals surface area contributed by atoms with Gasteiger partial charge in [0, 0.05) is 32.0 Å². The second-order valence-electron chi connectivity index (χ2n) is 4.15. The molecule has 0 aromatic carbocycles. The second-order valence-corrected chi connectivity index (χ2v) is 4.15. The number of hydrogen-bond acceptors (Lipinski definition) is 4. The lowest BCUT2D eigenvalue weighted by Gasteiger charge is -2.30. The maximum Gasteiger partial charge on any atom is 0.228 e. The highest BCUT2D eigenvalue weighted by molar-refractivity contribution is 5.91. The molecule has 0 saturated carbocycles. The Kier molecular flexibility index (Phi) is 3.41. The maximum absolute atomic E-state index is 11.8. The molecule has 1 aromatic rings. The number of rotatable bonds is 2. The summed E-state index contributed by atoms with van der Waals surface area (Å²) < 4.78 is 4.63. The van der Waals surface area contributed by atoms with Crippen molar-refractivity contribution in [3.05, 3.63) is 12.3 Å². The molecule has 17 heavy (non-hydrogen) atoms. The molecule has 1 aliphatic rings. The number of carbonyl (C=O) groups is 2. The monoisotopic (exact) mass is 237 g/mol. The third kappa shape index (κ3) is 2.83. The van der Waals surface area contributed by atoms with E-state index < -0.39 is 0 Å². The first-order valence-electron chi connectivity index (χ1n) is 5.63. The summed E-state index contributed by atoms with van der Waals surface area (Å²) in [5.41, 5.74) is 0. The van der Waals surface area contributed by atoms with Crippen LogP contribution in [0.15, 0.2) is 16.9 Å². The molecule has 0 radical (unpaired) electrons. The van der Waals surface area contributed by atoms with Crippen LogP contribution in [-0.4, -0.2) is 35.0 Å². The van der Waals surface area contributed by atoms with E-state index in [2.05, 4.69) is 15.0 Å². The van der Waals surface area contributed by atoms with Crippen molar-refractivity contribution in [3.8, 4) is 0 Å². The van der Waals surface area contributed by atoms with Gasteiger partial charge in [0.15, 0.2) is 5.82 Å². The molecule has 1 aromatic heterocycles. The largest absolute Gasteiger partial charge is 0.363 e. The molecule has 0 atom stereocenters. The van der Waals surface area contributed by atoms with Gasteiger partial charge in [0.1, 0.15) is 6.26 Å². The van der Waals surface area contributed by atoms with E-state index in [1.165, 1.54) is 6.26 Å². The van der Waals surface area contributed by atoms with E-state index in [0.717, 1.165) is 0 Å². The van der Waals surface area contributed by atoms with Gasteiger partial charge < -0.3 is 14.7 Å². The summed E-state index contributed by atoms with van der Waals surface area (Å²) in [7, 11) is 0. The lowest BCUT2D eigenvalue weighted by Crippen LogP contribution is -2.40. The Hall–Kier alpha value is -1.85. The summed E-state index contributed by atoms with van der Waals surface area (Å²) in [6.07, 6.45) is 2.81. The summed E-state index contributed by atoms with van der Waals surface area (Å²) in [6, 6.07) is 1.60. The maximum atomic E-state index is 11.8. The SMILES string of the molecule is CC(=O)N1CCC(C(=O)Nc2ccon2)CC1. The Morgan fingerprint density at radius 2 is 2.18 bits per heavy atom. The molecule has 0 aliphatic carbocycles. The number of amides is 2. The van der Waals surface area contributed by atoms with Gasteiger partial charge in [0.2, 0.25) is 11.8 Å². The predicted molar refractivity (Wildman–Crippen MR) is 60.1 cm³/mol. The van der Waals surface area contributed by atoms with Gasteiger partial charge in [-0.25, -0.2) is 0 Å². The number of hydrogen-bond donors (Lipinski definition) is 1. The summed E-state index contributed by atoms with van der Waals surface area (Å²) in [4.78, 5) is 24.7. The number of carbonyl (C=O) groups excluding carboxylic acids is 2. The fourth-order valence-corrected chi connectivity index (χ4v) is 1.96. The van der Waals surface area contributed by atoms with E-state index in [1.807, 2.05) is 0 Å². The number of nitrogens with one attached hydrogen (secondary N) is 1. The number of likely N-dealkylation sites (tertiary alicyclic amines) is 1. The third-order valence-corrected chi connectivity index (χ3v) is 3.00. The van der Waals surface area contributed by atoms with Crippen molar-refractivity contribution in [2.75, 3.05) is 18.4 Å². The molecule has 1 fully saturated rings. The van der Waals surface area contributed by atoms with Crippen molar-refractivity contribution in [1.82, 2.24) is 10.1 Å². The minimum Gasteiger partial charge on any atom is -0.363 e. The third-order valence-electron chi connectivity index (χ3n) is 3.00. The molecule has 2 amide bonds. The molecular weight excluding hydrogens is 222 g/mol. The topological polar surface area (TPSA) is 75.4 Å². The molecule has 92 valence electrons. The van der Waals surface area contributed by atoms with Gasteiger partial charge in [0.25, 0.3) is 0 Å². The molecule has 0 bridgehead atoms. The summed E-state index contributed by atoms with van der Waals surface area (Å²) >= 11 is 0. The summed E-state index contributed by atoms with van der Waals surface area (Å²) in [5.74, 6) is 0.397. The first-order chi connectivity index (χ1) is 8.16. The molecule has 1 aliphatic heterocycles. The van der Waals surface area contributed by atoms with Crippen LogP contribution in [0.3, 0.4) is 0 Å². The zero-order valence-corrected chi connectivity index (χ0v) is 9.68. The van der Waals surface area contributed by atoms with Gasteiger partial charge in [-0.2, -0.15) is 0 Å². The highest BCUT2D eigenvalue weighted by atomic mass is 16.5. The Morgan fingerprint density at radius 1 is 1.47 bits per heavy atom. The minimum absolute atomic E-state index is 0.0534. The van der Waals surface area contributed by atoms with E-state index in [1.54, 1.807) is 17.9 Å². The van der Waals surface area contributed by atoms with Crippen LogP contribution >= 0.6 is 0 Å². The van der Waals surface area contributed by atoms with Crippen molar-refractivity contribution in [1.29, 1.82) is 0 Å². The van der Waals surface area contributed by atoms with E-state index >= 15 is 0 Å². The number of nitrogens with zero attached hydrogens (tertiary/aromatic N) is 2. The van der Waals surface area contributed by atoms with Gasteiger partial charge >= 0.3 is 0 Å². The second kappa shape index (κ2) is 4.99. The van der Waals surface area contributed by atoms with Crippen molar-refractivity contribution in [2.45, 2.75) is 19.8 Å². The quantitative estimate of drug-likeness (QED) is 0.828. The predicted octanol–water partition coefficient (Wildman–Crippen LogP) is 0.872. The average Bonchev–Trinajstić information content (AvgIpc) is 2.82. The van der Waals surface area contributed by atoms with Crippen LogP contribution in [0.1, 0.15) is 19.8 Å². The van der Waals surface area contributed by atoms with Crippen LogP contribution in [0.5, 0.6) is 0 Å². The van der Waals surface area contributed by atoms with Gasteiger partial charge in [-0.3, -0.25) is 9.59 Å². The van der Waals surface area contributed by atoms with E-state index in [0.29, 0.717) is 31.7 Å². The average molecular weight is 237 g/mol. The zero-order chi connectivity index (χ0) is 12.3. The molecule has 6 nitrogen and oxygen atoms in total. The molecule has 6 heteroatoms. The van der Waals surface area contributed by atoms with Gasteiger partial charge in [0.05, 0.1) is 0 Å². The first kappa shape index (κ1) is 11.6. The number of piperidine rings is 1. The van der Waals surface area contributed by atoms with Crippen molar-refractivity contribution < 1.29 is 14.1 Å². The van der Waals surface area contributed by atoms with Crippen LogP contribution in [0.25, 0.3) is 0 Å². The highest BCUT2D eigenvalue weighted by Gasteiger charge is 2.26. The molecule has 1 N–H and O–H groups in total. The van der Waals surface area contributed by atoms with Crippen LogP contribution in [0, 0.1) is 5.92 Å². The van der Waals surface area contributed by atoms with Gasteiger partial charge in [-0.1, -0.05) is 5.16 Å². The number of anilines is 1. The van der Waals surface area contributed by atoms with Gasteiger partial charge in [-0.15, -0.1) is 0 Å². The molecule has 2 rings (SSSR count). The Labute approximate surface area is 98.9 Å². The zero-order valence-electron chi connectivity index (χ0n) is 9.68. The van der Waals surface area contributed by atoms with Crippen LogP contribution in [-0.2, 0) is 9.59 Å². The molecule has 0 spiro atoms. The van der Waals surface area contributed by atoms with Crippen LogP contribution in [0.2, 0.25) is 0 Å². The Morgan fingerprint density at radius 3 is 2.71 bits per heavy atom. The molecule has 0 unspecified atom stereocenters. The summed E-state index contributed by atoms with van der Waals surface area (Å²) in [6.45, 7) is 2.84. The van der Waals surface area contributed by atoms with Crippen molar-refractivity contribution in [2.24, 2.45) is 5.92 Å². The van der Waals surface area contributed by atoms with E-state index in [4.69, 9.17) is 0 Å². The fourth-order valence-electron chi connectivity index (χ4n) is 1.96. The molecule has 2 heterocycles. The van der Waals surface area contributed by atoms with Crippen molar-refractivity contribution in [3.63, 3.8) is 0 Å². The lowest BCUT2D eigenvalue weighted by molar-refractivity contribution is -0.132. The highest BCUT2D eigenvalue weighted by Crippen LogP contribution is 2.18. The standard InChI is InChI=1S/C11H15N3O3/c1-8(15)14-5-2-9(3-6-14)11(16)12-10-4-7-17-13-10/h4,7,9H,2-3,5-6H2,1H3,(H,12,13,16). The Bertz CT molecular complexity index is 394. The van der Waals surface area contributed by atoms with Crippen molar-refractivity contribution >= 4 is 17.6 Å². The smallest absolute Gasteiger partial charge is 0.228 e. The van der Waals surface area contributed by atoms with Gasteiger partial charge in [-0.05, 0) is 12.8 Å². The lowest BCUT2D eigenvalue weighted by atomic mass is 9.96. The van der Waals surface area contributed by atoms with Crippen LogP contribution in [0.4, 0.5) is 5.82 Å². The normalized spacial score (nSPS) is 16.9. The fraction of sp³-hybridized carbons (Fsp3) is 0.545. The van der Waals surface area contributed by atoms with E-state index in [-0.39, 0.29) is 17.7 Å². The Balaban J connectivity index is 1.84.